The van der Waals surface area contributed by atoms with E-state index in [9.17, 15) is 24.0 Å². The van der Waals surface area contributed by atoms with E-state index in [2.05, 4.69) is 50.3 Å². The number of ether oxygens (including phenoxy) is 7. The maximum absolute atomic E-state index is 12.8. The van der Waals surface area contributed by atoms with Gasteiger partial charge in [-0.2, -0.15) is 10.2 Å². The summed E-state index contributed by atoms with van der Waals surface area (Å²) in [6.07, 6.45) is 7.19. The molecule has 0 radical (unpaired) electrons. The smallest absolute Gasteiger partial charge is 0.343 e. The van der Waals surface area contributed by atoms with Crippen LogP contribution in [0.5, 0.6) is 28.7 Å². The number of nitrogens with zero attached hydrogens (tertiary/aromatic N) is 4. The highest BCUT2D eigenvalue weighted by Crippen LogP contribution is 2.36. The van der Waals surface area contributed by atoms with Gasteiger partial charge in [0.25, 0.3) is 0 Å². The molecule has 10 rings (SSSR count). The molecule has 0 atom stereocenters. The van der Waals surface area contributed by atoms with Crippen LogP contribution in [-0.2, 0) is 36.9 Å². The van der Waals surface area contributed by atoms with Crippen LogP contribution in [0.1, 0.15) is 110 Å². The Labute approximate surface area is 588 Å². The Morgan fingerprint density at radius 3 is 1.09 bits per heavy atom. The summed E-state index contributed by atoms with van der Waals surface area (Å²) < 4.78 is 38.1. The summed E-state index contributed by atoms with van der Waals surface area (Å²) >= 11 is 0. The van der Waals surface area contributed by atoms with E-state index in [4.69, 9.17) is 33.2 Å². The van der Waals surface area contributed by atoms with Gasteiger partial charge in [-0.05, 0) is 217 Å². The molecular weight excluding hydrogens is 1270 g/mol. The molecule has 0 spiro atoms. The van der Waals surface area contributed by atoms with Crippen molar-refractivity contribution in [1.29, 1.82) is 0 Å². The van der Waals surface area contributed by atoms with Gasteiger partial charge in [0, 0.05) is 64.1 Å². The monoisotopic (exact) mass is 1350 g/mol. The van der Waals surface area contributed by atoms with Crippen molar-refractivity contribution < 1.29 is 57.1 Å². The number of carbonyl (C=O) groups is 5. The van der Waals surface area contributed by atoms with Gasteiger partial charge < -0.3 is 43.8 Å². The minimum Gasteiger partial charge on any atom is -0.494 e. The van der Waals surface area contributed by atoms with Gasteiger partial charge in [-0.1, -0.05) is 104 Å². The maximum Gasteiger partial charge on any atom is 0.343 e. The van der Waals surface area contributed by atoms with Crippen LogP contribution in [0.2, 0.25) is 0 Å². The maximum atomic E-state index is 12.8. The number of anilines is 2. The van der Waals surface area contributed by atoms with Crippen molar-refractivity contribution >= 4 is 85.5 Å². The van der Waals surface area contributed by atoms with Crippen LogP contribution in [0, 0.1) is 6.92 Å². The van der Waals surface area contributed by atoms with Gasteiger partial charge in [0.2, 0.25) is 0 Å². The molecule has 0 saturated carbocycles. The number of rotatable bonds is 33. The molecule has 0 aliphatic heterocycles. The van der Waals surface area contributed by atoms with Gasteiger partial charge >= 0.3 is 29.8 Å². The van der Waals surface area contributed by atoms with Crippen LogP contribution in [-0.4, -0.2) is 56.3 Å². The molecule has 0 aromatic heterocycles. The zero-order valence-corrected chi connectivity index (χ0v) is 57.3. The predicted molar refractivity (Wildman–Crippen MR) is 395 cm³/mol. The highest BCUT2D eigenvalue weighted by atomic mass is 16.6. The van der Waals surface area contributed by atoms with Crippen LogP contribution >= 0.6 is 0 Å². The normalized spacial score (nSPS) is 10.9. The second kappa shape index (κ2) is 38.2. The molecule has 0 amide bonds. The van der Waals surface area contributed by atoms with Crippen molar-refractivity contribution in [2.75, 3.05) is 37.1 Å². The van der Waals surface area contributed by atoms with Crippen LogP contribution < -0.4 is 34.3 Å². The third-order valence-electron chi connectivity index (χ3n) is 15.7. The fraction of sp³-hybridized carbons (Fsp3) is 0.217. The summed E-state index contributed by atoms with van der Waals surface area (Å²) in [5.41, 5.74) is 9.84. The minimum atomic E-state index is -0.451. The Hall–Kier alpha value is -12.1. The third kappa shape index (κ3) is 23.6. The first-order valence-electron chi connectivity index (χ1n) is 33.5. The molecule has 0 aliphatic carbocycles. The lowest BCUT2D eigenvalue weighted by Gasteiger charge is -2.12. The molecule has 10 aromatic carbocycles. The number of aryl methyl sites for hydroxylation is 1. The third-order valence-corrected chi connectivity index (χ3v) is 15.7. The summed E-state index contributed by atoms with van der Waals surface area (Å²) in [6.45, 7) is 16.9. The molecule has 101 heavy (non-hydrogen) atoms. The first-order valence-corrected chi connectivity index (χ1v) is 33.5. The first kappa shape index (κ1) is 73.2. The standard InChI is InChI=1S/C42H41N3O7.C41H41N3O5/c1-29(2)41(47)50-27-9-5-4-8-26-49-34-20-14-32(15-21-34)42(48)52-36-18-12-31(13-19-36)28-43-39-24-25-40(38-11-7-6-10-37(38)39)45-44-33-16-22-35(23-17-33)51-30(3)46;1-29(2)40(45)48-27-9-5-4-8-26-47-34-22-16-32(17-23-34)41(46)49-35-20-14-31(15-21-35)28-42-38-24-25-39(37-11-7-6-10-36(37)38)44-43-33-18-12-30(3)13-19-33/h6-7,10-25,43H,1,4-5,8-9,26-28H2,2-3H3;6-7,10-25,42H,1,4-5,8-9,26-28H2,2-3H3. The van der Waals surface area contributed by atoms with Crippen molar-refractivity contribution in [3.8, 4) is 28.7 Å². The fourth-order valence-corrected chi connectivity index (χ4v) is 10.2. The van der Waals surface area contributed by atoms with Crippen molar-refractivity contribution in [2.24, 2.45) is 20.5 Å². The molecule has 18 heteroatoms. The van der Waals surface area contributed by atoms with Crippen molar-refractivity contribution in [2.45, 2.75) is 92.2 Å². The van der Waals surface area contributed by atoms with E-state index in [1.54, 1.807) is 111 Å². The lowest BCUT2D eigenvalue weighted by molar-refractivity contribution is -0.139. The number of benzene rings is 10. The number of carbonyl (C=O) groups excluding carboxylic acids is 5. The number of esters is 5. The molecular formula is C83H82N6O12. The number of azo groups is 2. The average molecular weight is 1360 g/mol. The van der Waals surface area contributed by atoms with Gasteiger partial charge in [-0.15, -0.1) is 10.2 Å². The number of hydrogen-bond donors (Lipinski definition) is 2. The van der Waals surface area contributed by atoms with E-state index in [1.165, 1.54) is 12.5 Å². The van der Waals surface area contributed by atoms with Crippen molar-refractivity contribution in [3.05, 3.63) is 271 Å². The Bertz CT molecular complexity index is 4500. The van der Waals surface area contributed by atoms with E-state index in [0.29, 0.717) is 96.2 Å². The zero-order chi connectivity index (χ0) is 71.1. The summed E-state index contributed by atoms with van der Waals surface area (Å²) in [7, 11) is 0. The summed E-state index contributed by atoms with van der Waals surface area (Å²) in [4.78, 5) is 59.4. The molecule has 18 nitrogen and oxygen atoms in total. The van der Waals surface area contributed by atoms with Gasteiger partial charge in [0.1, 0.15) is 28.7 Å². The summed E-state index contributed by atoms with van der Waals surface area (Å²) in [5, 5.41) is 28.8. The van der Waals surface area contributed by atoms with Gasteiger partial charge in [-0.25, -0.2) is 19.2 Å². The van der Waals surface area contributed by atoms with Crippen molar-refractivity contribution in [3.63, 3.8) is 0 Å². The topological polar surface area (TPSA) is 223 Å². The lowest BCUT2D eigenvalue weighted by Crippen LogP contribution is -2.08. The molecule has 10 aromatic rings. The summed E-state index contributed by atoms with van der Waals surface area (Å²) in [5.74, 6) is 0.787. The summed E-state index contributed by atoms with van der Waals surface area (Å²) in [6, 6.07) is 67.5. The molecule has 0 saturated heterocycles. The van der Waals surface area contributed by atoms with E-state index < -0.39 is 11.9 Å². The lowest BCUT2D eigenvalue weighted by atomic mass is 10.1. The Balaban J connectivity index is 0.000000236. The molecule has 0 bridgehead atoms. The highest BCUT2D eigenvalue weighted by Gasteiger charge is 2.14. The number of hydrogen-bond acceptors (Lipinski definition) is 18. The predicted octanol–water partition coefficient (Wildman–Crippen LogP) is 20.5. The minimum absolute atomic E-state index is 0.343. The van der Waals surface area contributed by atoms with Crippen LogP contribution in [0.25, 0.3) is 21.5 Å². The van der Waals surface area contributed by atoms with E-state index in [1.807, 2.05) is 122 Å². The first-order chi connectivity index (χ1) is 49.1. The molecule has 0 aliphatic rings. The van der Waals surface area contributed by atoms with E-state index >= 15 is 0 Å². The highest BCUT2D eigenvalue weighted by molar-refractivity contribution is 6.02. The van der Waals surface area contributed by atoms with Crippen LogP contribution in [0.4, 0.5) is 34.1 Å². The zero-order valence-electron chi connectivity index (χ0n) is 57.3. The second-order valence-electron chi connectivity index (χ2n) is 23.9. The van der Waals surface area contributed by atoms with Gasteiger partial charge in [-0.3, -0.25) is 4.79 Å². The molecule has 516 valence electrons. The van der Waals surface area contributed by atoms with E-state index in [-0.39, 0.29) is 17.9 Å². The number of unbranched alkanes of at least 4 members (excludes halogenated alkanes) is 6. The Morgan fingerprint density at radius 2 is 0.703 bits per heavy atom. The van der Waals surface area contributed by atoms with E-state index in [0.717, 1.165) is 112 Å². The quantitative estimate of drug-likeness (QED) is 0.0128. The number of nitrogens with one attached hydrogen (secondary N) is 2. The van der Waals surface area contributed by atoms with Crippen molar-refractivity contribution in [1.82, 2.24) is 0 Å². The van der Waals surface area contributed by atoms with Crippen LogP contribution in [0.15, 0.2) is 263 Å². The van der Waals surface area contributed by atoms with Gasteiger partial charge in [0.15, 0.2) is 0 Å². The Kier molecular flexibility index (Phi) is 27.7. The average Bonchev–Trinajstić information content (AvgIpc) is 0.808. The fourth-order valence-electron chi connectivity index (χ4n) is 10.2. The SMILES string of the molecule is C=C(C)C(=O)OCCCCCCOc1ccc(C(=O)Oc2ccc(CNc3ccc(N=Nc4ccc(C)cc4)c4ccccc34)cc2)cc1.C=C(C)C(=O)OCCCCCCOc1ccc(C(=O)Oc2ccc(CNc3ccc(N=Nc4ccc(OC(C)=O)cc4)c4ccccc34)cc2)cc1. The molecule has 0 unspecified atom stereocenters. The van der Waals surface area contributed by atoms with Gasteiger partial charge in [0.05, 0.1) is 60.3 Å². The largest absolute Gasteiger partial charge is 0.494 e. The molecule has 0 fully saturated rings. The second-order valence-corrected chi connectivity index (χ2v) is 23.9. The molecule has 2 N–H and O–H groups in total. The van der Waals surface area contributed by atoms with Crippen LogP contribution in [0.3, 0.4) is 0 Å². The Morgan fingerprint density at radius 1 is 0.356 bits per heavy atom. The molecule has 0 heterocycles. The number of fused-ring (bicyclic) bond motifs is 2.